The van der Waals surface area contributed by atoms with Gasteiger partial charge in [-0.2, -0.15) is 10.1 Å². The lowest BCUT2D eigenvalue weighted by Crippen LogP contribution is -2.22. The first kappa shape index (κ1) is 17.1. The molecule has 0 unspecified atom stereocenters. The number of thioether (sulfide) groups is 1. The molecule has 1 fully saturated rings. The first-order chi connectivity index (χ1) is 11.5. The predicted molar refractivity (Wildman–Crippen MR) is 103 cm³/mol. The van der Waals surface area contributed by atoms with Crippen LogP contribution in [0.5, 0.6) is 0 Å². The van der Waals surface area contributed by atoms with Crippen LogP contribution in [-0.2, 0) is 4.79 Å². The number of rotatable bonds is 3. The average molecular weight is 394 g/mol. The van der Waals surface area contributed by atoms with Crippen molar-refractivity contribution in [3.8, 4) is 0 Å². The standard InChI is InChI=1S/C16H9Cl2N3OS2/c17-12-4-3-11(13(18)7-12)9-20-21-15(22)14(24-16(21)23)6-10-2-1-5-19-8-10/h1-9H/b14-6-,20-9-. The first-order valence-corrected chi connectivity index (χ1v) is 8.70. The highest BCUT2D eigenvalue weighted by Crippen LogP contribution is 2.32. The zero-order valence-corrected chi connectivity index (χ0v) is 15.2. The number of hydrogen-bond acceptors (Lipinski definition) is 5. The number of benzene rings is 1. The SMILES string of the molecule is O=C1/C(=C/c2cccnc2)SC(=S)N1/N=C\c1ccc(Cl)cc1Cl. The van der Waals surface area contributed by atoms with Crippen LogP contribution in [0.25, 0.3) is 6.08 Å². The van der Waals surface area contributed by atoms with Crippen molar-refractivity contribution in [2.75, 3.05) is 0 Å². The third-order valence-corrected chi connectivity index (χ3v) is 4.88. The molecule has 0 atom stereocenters. The van der Waals surface area contributed by atoms with Crippen LogP contribution in [0.15, 0.2) is 52.7 Å². The van der Waals surface area contributed by atoms with Crippen LogP contribution in [0, 0.1) is 0 Å². The van der Waals surface area contributed by atoms with E-state index in [1.165, 1.54) is 23.0 Å². The van der Waals surface area contributed by atoms with Crippen LogP contribution in [0.1, 0.15) is 11.1 Å². The molecule has 120 valence electrons. The maximum Gasteiger partial charge on any atom is 0.286 e. The van der Waals surface area contributed by atoms with Crippen LogP contribution in [0.3, 0.4) is 0 Å². The second-order valence-electron chi connectivity index (χ2n) is 4.69. The summed E-state index contributed by atoms with van der Waals surface area (Å²) >= 11 is 18.4. The lowest BCUT2D eigenvalue weighted by atomic mass is 10.2. The fraction of sp³-hybridized carbons (Fsp3) is 0. The molecule has 0 N–H and O–H groups in total. The Kier molecular flexibility index (Phi) is 5.30. The molecule has 8 heteroatoms. The van der Waals surface area contributed by atoms with Crippen molar-refractivity contribution >= 4 is 69.7 Å². The molecule has 1 aromatic carbocycles. The molecule has 1 aromatic heterocycles. The molecular formula is C16H9Cl2N3OS2. The summed E-state index contributed by atoms with van der Waals surface area (Å²) in [5, 5.41) is 6.30. The van der Waals surface area contributed by atoms with Gasteiger partial charge >= 0.3 is 0 Å². The summed E-state index contributed by atoms with van der Waals surface area (Å²) < 4.78 is 0.358. The van der Waals surface area contributed by atoms with E-state index in [0.717, 1.165) is 5.56 Å². The third-order valence-electron chi connectivity index (χ3n) is 3.03. The Labute approximate surface area is 158 Å². The normalized spacial score (nSPS) is 16.6. The number of pyridine rings is 1. The van der Waals surface area contributed by atoms with E-state index < -0.39 is 0 Å². The summed E-state index contributed by atoms with van der Waals surface area (Å²) in [7, 11) is 0. The van der Waals surface area contributed by atoms with E-state index in [9.17, 15) is 4.79 Å². The van der Waals surface area contributed by atoms with Gasteiger partial charge in [-0.15, -0.1) is 0 Å². The number of hydrogen-bond donors (Lipinski definition) is 0. The second-order valence-corrected chi connectivity index (χ2v) is 7.21. The van der Waals surface area contributed by atoms with Gasteiger partial charge in [0.15, 0.2) is 4.32 Å². The van der Waals surface area contributed by atoms with Crippen molar-refractivity contribution in [2.24, 2.45) is 5.10 Å². The number of thiocarbonyl (C=S) groups is 1. The van der Waals surface area contributed by atoms with Crippen LogP contribution in [-0.4, -0.2) is 26.4 Å². The Hall–Kier alpha value is -1.73. The van der Waals surface area contributed by atoms with Crippen molar-refractivity contribution in [3.63, 3.8) is 0 Å². The molecule has 2 heterocycles. The van der Waals surface area contributed by atoms with Crippen LogP contribution in [0.4, 0.5) is 0 Å². The topological polar surface area (TPSA) is 45.6 Å². The average Bonchev–Trinajstić information content (AvgIpc) is 2.82. The summed E-state index contributed by atoms with van der Waals surface area (Å²) in [5.41, 5.74) is 1.47. The molecular weight excluding hydrogens is 385 g/mol. The summed E-state index contributed by atoms with van der Waals surface area (Å²) in [6.07, 6.45) is 6.56. The highest BCUT2D eigenvalue weighted by atomic mass is 35.5. The number of carbonyl (C=O) groups is 1. The molecule has 3 rings (SSSR count). The van der Waals surface area contributed by atoms with Crippen LogP contribution in [0.2, 0.25) is 10.0 Å². The number of hydrazone groups is 1. The maximum absolute atomic E-state index is 12.4. The number of carbonyl (C=O) groups excluding carboxylic acids is 1. The van der Waals surface area contributed by atoms with Gasteiger partial charge in [0, 0.05) is 23.0 Å². The molecule has 24 heavy (non-hydrogen) atoms. The third kappa shape index (κ3) is 3.84. The van der Waals surface area contributed by atoms with Crippen LogP contribution >= 0.6 is 47.2 Å². The Morgan fingerprint density at radius 3 is 2.83 bits per heavy atom. The lowest BCUT2D eigenvalue weighted by Gasteiger charge is -2.06. The Bertz CT molecular complexity index is 869. The predicted octanol–water partition coefficient (Wildman–Crippen LogP) is 4.62. The number of aromatic nitrogens is 1. The molecule has 1 aliphatic heterocycles. The van der Waals surface area contributed by atoms with Gasteiger partial charge in [-0.25, -0.2) is 0 Å². The van der Waals surface area contributed by atoms with E-state index in [4.69, 9.17) is 35.4 Å². The highest BCUT2D eigenvalue weighted by Gasteiger charge is 2.32. The smallest absolute Gasteiger partial charge is 0.266 e. The first-order valence-electron chi connectivity index (χ1n) is 6.71. The van der Waals surface area contributed by atoms with Gasteiger partial charge in [0.2, 0.25) is 0 Å². The Balaban J connectivity index is 1.82. The van der Waals surface area contributed by atoms with E-state index in [0.29, 0.717) is 24.8 Å². The van der Waals surface area contributed by atoms with Gasteiger partial charge in [0.25, 0.3) is 5.91 Å². The van der Waals surface area contributed by atoms with Gasteiger partial charge in [0.05, 0.1) is 16.1 Å². The van der Waals surface area contributed by atoms with Gasteiger partial charge in [-0.05, 0) is 42.1 Å². The summed E-state index contributed by atoms with van der Waals surface area (Å²) in [4.78, 5) is 17.0. The minimum absolute atomic E-state index is 0.282. The largest absolute Gasteiger partial charge is 0.286 e. The fourth-order valence-electron chi connectivity index (χ4n) is 1.90. The van der Waals surface area contributed by atoms with Gasteiger partial charge in [0.1, 0.15) is 0 Å². The molecule has 0 aliphatic carbocycles. The quantitative estimate of drug-likeness (QED) is 0.433. The van der Waals surface area contributed by atoms with E-state index in [1.54, 1.807) is 42.7 Å². The summed E-state index contributed by atoms with van der Waals surface area (Å²) in [6, 6.07) is 8.68. The highest BCUT2D eigenvalue weighted by molar-refractivity contribution is 8.26. The molecule has 4 nitrogen and oxygen atoms in total. The number of amides is 1. The van der Waals surface area contributed by atoms with Crippen molar-refractivity contribution in [1.29, 1.82) is 0 Å². The van der Waals surface area contributed by atoms with Crippen LogP contribution < -0.4 is 0 Å². The molecule has 2 aromatic rings. The zero-order chi connectivity index (χ0) is 17.1. The van der Waals surface area contributed by atoms with E-state index in [2.05, 4.69) is 10.1 Å². The number of halogens is 2. The zero-order valence-electron chi connectivity index (χ0n) is 12.0. The Morgan fingerprint density at radius 2 is 2.12 bits per heavy atom. The van der Waals surface area contributed by atoms with Gasteiger partial charge in [-0.1, -0.05) is 47.1 Å². The summed E-state index contributed by atoms with van der Waals surface area (Å²) in [5.74, 6) is -0.282. The fourth-order valence-corrected chi connectivity index (χ4v) is 3.53. The maximum atomic E-state index is 12.4. The van der Waals surface area contributed by atoms with Gasteiger partial charge < -0.3 is 0 Å². The Morgan fingerprint density at radius 1 is 1.29 bits per heavy atom. The lowest BCUT2D eigenvalue weighted by molar-refractivity contribution is -0.122. The van der Waals surface area contributed by atoms with E-state index in [-0.39, 0.29) is 5.91 Å². The molecule has 0 spiro atoms. The number of nitrogens with zero attached hydrogens (tertiary/aromatic N) is 3. The molecule has 1 aliphatic rings. The van der Waals surface area contributed by atoms with Crippen molar-refractivity contribution in [3.05, 3.63) is 68.8 Å². The minimum Gasteiger partial charge on any atom is -0.266 e. The molecule has 0 radical (unpaired) electrons. The van der Waals surface area contributed by atoms with Crippen molar-refractivity contribution in [1.82, 2.24) is 9.99 Å². The second kappa shape index (κ2) is 7.44. The monoisotopic (exact) mass is 393 g/mol. The van der Waals surface area contributed by atoms with Crippen molar-refractivity contribution in [2.45, 2.75) is 0 Å². The van der Waals surface area contributed by atoms with Gasteiger partial charge in [-0.3, -0.25) is 9.78 Å². The van der Waals surface area contributed by atoms with E-state index in [1.807, 2.05) is 6.07 Å². The molecule has 1 amide bonds. The molecule has 0 saturated carbocycles. The molecule has 1 saturated heterocycles. The van der Waals surface area contributed by atoms with E-state index >= 15 is 0 Å². The minimum atomic E-state index is -0.282. The summed E-state index contributed by atoms with van der Waals surface area (Å²) in [6.45, 7) is 0. The van der Waals surface area contributed by atoms with Crippen molar-refractivity contribution < 1.29 is 4.79 Å². The molecule has 0 bridgehead atoms.